The highest BCUT2D eigenvalue weighted by molar-refractivity contribution is 5.29. The molecule has 0 aliphatic carbocycles. The van der Waals surface area contributed by atoms with E-state index in [1.165, 1.54) is 7.11 Å². The van der Waals surface area contributed by atoms with Crippen molar-refractivity contribution in [3.05, 3.63) is 27.7 Å². The summed E-state index contributed by atoms with van der Waals surface area (Å²) in [6, 6.07) is 1.56. The molecule has 0 amide bonds. The number of nitrogens with one attached hydrogen (secondary N) is 1. The van der Waals surface area contributed by atoms with Crippen LogP contribution in [0.15, 0.2) is 10.9 Å². The van der Waals surface area contributed by atoms with Gasteiger partial charge in [0, 0.05) is 11.8 Å². The molecule has 0 aromatic carbocycles. The molecule has 0 radical (unpaired) electrons. The molecule has 0 aliphatic heterocycles. The van der Waals surface area contributed by atoms with E-state index in [1.54, 1.807) is 6.07 Å². The van der Waals surface area contributed by atoms with Crippen LogP contribution in [0.3, 0.4) is 0 Å². The van der Waals surface area contributed by atoms with E-state index in [9.17, 15) is 4.79 Å². The topological polar surface area (TPSA) is 42.1 Å². The van der Waals surface area contributed by atoms with Crippen LogP contribution in [0.4, 0.5) is 0 Å². The quantitative estimate of drug-likeness (QED) is 0.798. The molecule has 0 aliphatic rings. The zero-order chi connectivity index (χ0) is 10.6. The lowest BCUT2D eigenvalue weighted by molar-refractivity contribution is 0.401. The van der Waals surface area contributed by atoms with Crippen LogP contribution < -0.4 is 10.2 Å². The van der Waals surface area contributed by atoms with Crippen LogP contribution in [0.1, 0.15) is 31.2 Å². The summed E-state index contributed by atoms with van der Waals surface area (Å²) in [6.07, 6.45) is 3.05. The zero-order valence-electron chi connectivity index (χ0n) is 9.02. The molecule has 1 heterocycles. The number of H-pyrrole nitrogens is 1. The first kappa shape index (κ1) is 10.8. The Morgan fingerprint density at radius 2 is 2.21 bits per heavy atom. The molecule has 1 N–H and O–H groups in total. The first-order valence-electron chi connectivity index (χ1n) is 4.95. The third kappa shape index (κ3) is 2.37. The van der Waals surface area contributed by atoms with E-state index in [2.05, 4.69) is 11.9 Å². The number of ether oxygens (including phenoxy) is 1. The van der Waals surface area contributed by atoms with Crippen LogP contribution in [-0.4, -0.2) is 12.1 Å². The molecule has 0 fully saturated rings. The van der Waals surface area contributed by atoms with Gasteiger partial charge in [-0.05, 0) is 19.8 Å². The predicted molar refractivity (Wildman–Crippen MR) is 57.0 cm³/mol. The highest BCUT2D eigenvalue weighted by atomic mass is 16.5. The Bertz CT molecular complexity index is 355. The third-order valence-electron chi connectivity index (χ3n) is 2.18. The molecule has 0 bridgehead atoms. The van der Waals surface area contributed by atoms with Crippen molar-refractivity contribution in [2.75, 3.05) is 7.11 Å². The van der Waals surface area contributed by atoms with Gasteiger partial charge in [0.15, 0.2) is 5.75 Å². The fourth-order valence-corrected chi connectivity index (χ4v) is 1.50. The molecule has 0 saturated carbocycles. The largest absolute Gasteiger partial charge is 0.491 e. The Kier molecular flexibility index (Phi) is 3.74. The zero-order valence-corrected chi connectivity index (χ0v) is 9.02. The number of hydrogen-bond acceptors (Lipinski definition) is 2. The lowest BCUT2D eigenvalue weighted by Gasteiger charge is -2.08. The molecule has 0 atom stereocenters. The van der Waals surface area contributed by atoms with E-state index >= 15 is 0 Å². The van der Waals surface area contributed by atoms with Gasteiger partial charge in [-0.2, -0.15) is 0 Å². The van der Waals surface area contributed by atoms with Crippen molar-refractivity contribution in [1.29, 1.82) is 0 Å². The van der Waals surface area contributed by atoms with Crippen LogP contribution >= 0.6 is 0 Å². The first-order chi connectivity index (χ1) is 6.69. The number of aryl methyl sites for hydroxylation is 2. The second-order valence-electron chi connectivity index (χ2n) is 3.43. The molecule has 3 nitrogen and oxygen atoms in total. The van der Waals surface area contributed by atoms with Crippen LogP contribution in [0, 0.1) is 6.92 Å². The molecular weight excluding hydrogens is 178 g/mol. The van der Waals surface area contributed by atoms with E-state index in [1.807, 2.05) is 6.92 Å². The molecule has 0 spiro atoms. The van der Waals surface area contributed by atoms with Crippen molar-refractivity contribution in [2.24, 2.45) is 0 Å². The lowest BCUT2D eigenvalue weighted by atomic mass is 10.1. The van der Waals surface area contributed by atoms with Crippen LogP contribution in [0.2, 0.25) is 0 Å². The Labute approximate surface area is 84.1 Å². The number of pyridine rings is 1. The van der Waals surface area contributed by atoms with Crippen LogP contribution in [0.25, 0.3) is 0 Å². The summed E-state index contributed by atoms with van der Waals surface area (Å²) in [5, 5.41) is 0. The molecule has 78 valence electrons. The minimum Gasteiger partial charge on any atom is -0.491 e. The molecule has 14 heavy (non-hydrogen) atoms. The average molecular weight is 195 g/mol. The summed E-state index contributed by atoms with van der Waals surface area (Å²) in [7, 11) is 1.54. The number of aromatic nitrogens is 1. The summed E-state index contributed by atoms with van der Waals surface area (Å²) >= 11 is 0. The number of methoxy groups -OCH3 is 1. The monoisotopic (exact) mass is 195 g/mol. The molecule has 0 unspecified atom stereocenters. The van der Waals surface area contributed by atoms with Gasteiger partial charge in [0.25, 0.3) is 0 Å². The normalized spacial score (nSPS) is 10.2. The van der Waals surface area contributed by atoms with E-state index in [0.29, 0.717) is 5.75 Å². The lowest BCUT2D eigenvalue weighted by Crippen LogP contribution is -2.10. The second-order valence-corrected chi connectivity index (χ2v) is 3.43. The van der Waals surface area contributed by atoms with Gasteiger partial charge >= 0.3 is 0 Å². The molecule has 0 saturated heterocycles. The van der Waals surface area contributed by atoms with Crippen LogP contribution in [-0.2, 0) is 6.42 Å². The van der Waals surface area contributed by atoms with Gasteiger partial charge in [-0.15, -0.1) is 0 Å². The maximum Gasteiger partial charge on any atom is 0.223 e. The smallest absolute Gasteiger partial charge is 0.223 e. The molecule has 1 rings (SSSR count). The highest BCUT2D eigenvalue weighted by Crippen LogP contribution is 2.13. The standard InChI is InChI=1S/C11H17NO2/c1-4-5-6-9-11(14-3)10(13)7-8(2)12-9/h7H,4-6H2,1-3H3,(H,12,13). The van der Waals surface area contributed by atoms with Gasteiger partial charge in [-0.25, -0.2) is 0 Å². The van der Waals surface area contributed by atoms with Crippen LogP contribution in [0.5, 0.6) is 5.75 Å². The molecule has 3 heteroatoms. The Balaban J connectivity index is 3.05. The molecule has 1 aromatic rings. The van der Waals surface area contributed by atoms with Gasteiger partial charge in [-0.3, -0.25) is 4.79 Å². The second kappa shape index (κ2) is 4.84. The van der Waals surface area contributed by atoms with Crippen molar-refractivity contribution in [1.82, 2.24) is 4.98 Å². The minimum atomic E-state index is -0.0325. The first-order valence-corrected chi connectivity index (χ1v) is 4.95. The van der Waals surface area contributed by atoms with E-state index in [-0.39, 0.29) is 5.43 Å². The van der Waals surface area contributed by atoms with E-state index in [0.717, 1.165) is 30.7 Å². The maximum atomic E-state index is 11.5. The van der Waals surface area contributed by atoms with Gasteiger partial charge in [-0.1, -0.05) is 13.3 Å². The summed E-state index contributed by atoms with van der Waals surface area (Å²) in [6.45, 7) is 4.01. The Morgan fingerprint density at radius 3 is 2.79 bits per heavy atom. The van der Waals surface area contributed by atoms with Gasteiger partial charge in [0.2, 0.25) is 5.43 Å². The molecular formula is C11H17NO2. The summed E-state index contributed by atoms with van der Waals surface area (Å²) in [5.74, 6) is 0.462. The van der Waals surface area contributed by atoms with Crippen molar-refractivity contribution < 1.29 is 4.74 Å². The van der Waals surface area contributed by atoms with Crippen molar-refractivity contribution in [2.45, 2.75) is 33.1 Å². The minimum absolute atomic E-state index is 0.0325. The van der Waals surface area contributed by atoms with Gasteiger partial charge in [0.05, 0.1) is 12.8 Å². The van der Waals surface area contributed by atoms with Crippen molar-refractivity contribution in [3.63, 3.8) is 0 Å². The van der Waals surface area contributed by atoms with Gasteiger partial charge in [0.1, 0.15) is 0 Å². The fraction of sp³-hybridized carbons (Fsp3) is 0.545. The highest BCUT2D eigenvalue weighted by Gasteiger charge is 2.07. The summed E-state index contributed by atoms with van der Waals surface area (Å²) in [4.78, 5) is 14.7. The van der Waals surface area contributed by atoms with Gasteiger partial charge < -0.3 is 9.72 Å². The molecule has 1 aromatic heterocycles. The number of unbranched alkanes of at least 4 members (excludes halogenated alkanes) is 1. The van der Waals surface area contributed by atoms with E-state index < -0.39 is 0 Å². The Morgan fingerprint density at radius 1 is 1.50 bits per heavy atom. The average Bonchev–Trinajstić information content (AvgIpc) is 2.14. The Hall–Kier alpha value is -1.25. The number of hydrogen-bond donors (Lipinski definition) is 1. The predicted octanol–water partition coefficient (Wildman–Crippen LogP) is 2.03. The fourth-order valence-electron chi connectivity index (χ4n) is 1.50. The van der Waals surface area contributed by atoms with Crippen molar-refractivity contribution >= 4 is 0 Å². The SMILES string of the molecule is CCCCc1[nH]c(C)cc(=O)c1OC. The summed E-state index contributed by atoms with van der Waals surface area (Å²) < 4.78 is 5.08. The van der Waals surface area contributed by atoms with Crippen molar-refractivity contribution in [3.8, 4) is 5.75 Å². The van der Waals surface area contributed by atoms with E-state index in [4.69, 9.17) is 4.74 Å². The number of rotatable bonds is 4. The maximum absolute atomic E-state index is 11.5. The number of aromatic amines is 1. The summed E-state index contributed by atoms with van der Waals surface area (Å²) in [5.41, 5.74) is 1.77. The third-order valence-corrected chi connectivity index (χ3v) is 2.18.